The van der Waals surface area contributed by atoms with Gasteiger partial charge in [-0.25, -0.2) is 0 Å². The SMILES string of the molecule is Cl.NC1(c2ccccc2Cl)CC1. The van der Waals surface area contributed by atoms with Crippen LogP contribution >= 0.6 is 24.0 Å². The topological polar surface area (TPSA) is 26.0 Å². The molecule has 1 aromatic rings. The van der Waals surface area contributed by atoms with Crippen molar-refractivity contribution < 1.29 is 0 Å². The highest BCUT2D eigenvalue weighted by molar-refractivity contribution is 6.31. The Labute approximate surface area is 83.3 Å². The molecule has 1 saturated carbocycles. The van der Waals surface area contributed by atoms with Gasteiger partial charge in [-0.1, -0.05) is 29.8 Å². The van der Waals surface area contributed by atoms with Crippen LogP contribution in [0.15, 0.2) is 24.3 Å². The first kappa shape index (κ1) is 9.85. The van der Waals surface area contributed by atoms with Gasteiger partial charge in [-0.2, -0.15) is 0 Å². The molecule has 1 aromatic carbocycles. The Morgan fingerprint density at radius 2 is 1.83 bits per heavy atom. The number of rotatable bonds is 1. The minimum atomic E-state index is -0.0989. The maximum Gasteiger partial charge on any atom is 0.0456 e. The molecule has 0 unspecified atom stereocenters. The maximum atomic E-state index is 5.98. The summed E-state index contributed by atoms with van der Waals surface area (Å²) in [5, 5.41) is 0.799. The molecule has 0 aromatic heterocycles. The van der Waals surface area contributed by atoms with Gasteiger partial charge in [-0.15, -0.1) is 12.4 Å². The van der Waals surface area contributed by atoms with Gasteiger partial charge in [0.2, 0.25) is 0 Å². The van der Waals surface area contributed by atoms with Crippen LogP contribution in [0.4, 0.5) is 0 Å². The van der Waals surface area contributed by atoms with Crippen molar-refractivity contribution in [3.05, 3.63) is 34.9 Å². The molecule has 1 nitrogen and oxygen atoms in total. The van der Waals surface area contributed by atoms with Gasteiger partial charge in [0.05, 0.1) is 0 Å². The Hall–Kier alpha value is -0.240. The van der Waals surface area contributed by atoms with E-state index in [0.717, 1.165) is 23.4 Å². The lowest BCUT2D eigenvalue weighted by Gasteiger charge is -2.09. The number of hydrogen-bond acceptors (Lipinski definition) is 1. The van der Waals surface area contributed by atoms with Crippen LogP contribution < -0.4 is 5.73 Å². The summed E-state index contributed by atoms with van der Waals surface area (Å²) in [6.07, 6.45) is 2.13. The van der Waals surface area contributed by atoms with Crippen molar-refractivity contribution in [3.8, 4) is 0 Å². The zero-order chi connectivity index (χ0) is 7.90. The molecule has 66 valence electrons. The van der Waals surface area contributed by atoms with E-state index in [1.807, 2.05) is 24.3 Å². The van der Waals surface area contributed by atoms with E-state index in [2.05, 4.69) is 0 Å². The summed E-state index contributed by atoms with van der Waals surface area (Å²) >= 11 is 5.97. The summed E-state index contributed by atoms with van der Waals surface area (Å²) in [5.41, 5.74) is 6.98. The second-order valence-electron chi connectivity index (χ2n) is 3.14. The predicted octanol–water partition coefficient (Wildman–Crippen LogP) is 2.71. The second-order valence-corrected chi connectivity index (χ2v) is 3.54. The molecule has 0 atom stereocenters. The van der Waals surface area contributed by atoms with Crippen LogP contribution in [0.1, 0.15) is 18.4 Å². The lowest BCUT2D eigenvalue weighted by molar-refractivity contribution is 0.740. The van der Waals surface area contributed by atoms with E-state index in [1.165, 1.54) is 0 Å². The average Bonchev–Trinajstić information content (AvgIpc) is 2.70. The Bertz CT molecular complexity index is 282. The fourth-order valence-electron chi connectivity index (χ4n) is 1.27. The van der Waals surface area contributed by atoms with Gasteiger partial charge in [0.25, 0.3) is 0 Å². The third-order valence-corrected chi connectivity index (χ3v) is 2.53. The molecule has 0 bridgehead atoms. The Morgan fingerprint density at radius 1 is 1.25 bits per heavy atom. The van der Waals surface area contributed by atoms with Gasteiger partial charge in [-0.05, 0) is 24.5 Å². The lowest BCUT2D eigenvalue weighted by atomic mass is 10.1. The first-order valence-corrected chi connectivity index (χ1v) is 4.14. The summed E-state index contributed by atoms with van der Waals surface area (Å²) in [4.78, 5) is 0. The Morgan fingerprint density at radius 3 is 2.33 bits per heavy atom. The summed E-state index contributed by atoms with van der Waals surface area (Å²) in [5.74, 6) is 0. The van der Waals surface area contributed by atoms with E-state index in [1.54, 1.807) is 0 Å². The fourth-order valence-corrected chi connectivity index (χ4v) is 1.59. The van der Waals surface area contributed by atoms with E-state index in [9.17, 15) is 0 Å². The number of benzene rings is 1. The zero-order valence-electron chi connectivity index (χ0n) is 6.59. The van der Waals surface area contributed by atoms with Gasteiger partial charge in [0.15, 0.2) is 0 Å². The van der Waals surface area contributed by atoms with Crippen molar-refractivity contribution in [2.75, 3.05) is 0 Å². The highest BCUT2D eigenvalue weighted by Crippen LogP contribution is 2.45. The van der Waals surface area contributed by atoms with Crippen LogP contribution in [0.25, 0.3) is 0 Å². The van der Waals surface area contributed by atoms with E-state index in [-0.39, 0.29) is 17.9 Å². The summed E-state index contributed by atoms with van der Waals surface area (Å²) in [6.45, 7) is 0. The van der Waals surface area contributed by atoms with Gasteiger partial charge >= 0.3 is 0 Å². The maximum absolute atomic E-state index is 5.98. The van der Waals surface area contributed by atoms with Gasteiger partial charge in [-0.3, -0.25) is 0 Å². The van der Waals surface area contributed by atoms with Crippen molar-refractivity contribution in [1.82, 2.24) is 0 Å². The lowest BCUT2D eigenvalue weighted by Crippen LogP contribution is -2.18. The van der Waals surface area contributed by atoms with Crippen molar-refractivity contribution in [2.45, 2.75) is 18.4 Å². The first-order chi connectivity index (χ1) is 5.22. The van der Waals surface area contributed by atoms with Gasteiger partial charge in [0, 0.05) is 10.6 Å². The Balaban J connectivity index is 0.000000720. The highest BCUT2D eigenvalue weighted by atomic mass is 35.5. The molecule has 12 heavy (non-hydrogen) atoms. The fraction of sp³-hybridized carbons (Fsp3) is 0.333. The molecule has 3 heteroatoms. The molecular formula is C9H11Cl2N. The number of hydrogen-bond donors (Lipinski definition) is 1. The molecule has 2 rings (SSSR count). The number of nitrogens with two attached hydrogens (primary N) is 1. The minimum absolute atomic E-state index is 0. The van der Waals surface area contributed by atoms with Crippen LogP contribution in [0.5, 0.6) is 0 Å². The zero-order valence-corrected chi connectivity index (χ0v) is 8.16. The van der Waals surface area contributed by atoms with Crippen LogP contribution in [0, 0.1) is 0 Å². The van der Waals surface area contributed by atoms with E-state index >= 15 is 0 Å². The van der Waals surface area contributed by atoms with Crippen molar-refractivity contribution in [1.29, 1.82) is 0 Å². The van der Waals surface area contributed by atoms with Gasteiger partial charge < -0.3 is 5.73 Å². The molecule has 0 aliphatic heterocycles. The van der Waals surface area contributed by atoms with Crippen LogP contribution in [-0.4, -0.2) is 0 Å². The standard InChI is InChI=1S/C9H10ClN.ClH/c10-8-4-2-1-3-7(8)9(11)5-6-9;/h1-4H,5-6,11H2;1H. The normalized spacial score (nSPS) is 18.2. The highest BCUT2D eigenvalue weighted by Gasteiger charge is 2.41. The van der Waals surface area contributed by atoms with E-state index in [0.29, 0.717) is 0 Å². The molecule has 0 amide bonds. The first-order valence-electron chi connectivity index (χ1n) is 3.76. The summed E-state index contributed by atoms with van der Waals surface area (Å²) in [6, 6.07) is 7.81. The van der Waals surface area contributed by atoms with E-state index < -0.39 is 0 Å². The molecule has 0 radical (unpaired) electrons. The quantitative estimate of drug-likeness (QED) is 0.747. The molecule has 2 N–H and O–H groups in total. The van der Waals surface area contributed by atoms with Gasteiger partial charge in [0.1, 0.15) is 0 Å². The van der Waals surface area contributed by atoms with Crippen molar-refractivity contribution >= 4 is 24.0 Å². The molecule has 0 saturated heterocycles. The third-order valence-electron chi connectivity index (χ3n) is 2.20. The molecule has 1 aliphatic carbocycles. The minimum Gasteiger partial charge on any atom is -0.321 e. The third kappa shape index (κ3) is 1.58. The van der Waals surface area contributed by atoms with Crippen molar-refractivity contribution in [2.24, 2.45) is 5.73 Å². The summed E-state index contributed by atoms with van der Waals surface area (Å²) in [7, 11) is 0. The van der Waals surface area contributed by atoms with Crippen LogP contribution in [-0.2, 0) is 5.54 Å². The smallest absolute Gasteiger partial charge is 0.0456 e. The largest absolute Gasteiger partial charge is 0.321 e. The predicted molar refractivity (Wildman–Crippen MR) is 53.8 cm³/mol. The van der Waals surface area contributed by atoms with Crippen LogP contribution in [0.3, 0.4) is 0 Å². The second kappa shape index (κ2) is 3.25. The molecular weight excluding hydrogens is 193 g/mol. The van der Waals surface area contributed by atoms with Crippen molar-refractivity contribution in [3.63, 3.8) is 0 Å². The molecule has 1 fully saturated rings. The Kier molecular flexibility index (Phi) is 2.67. The molecule has 0 spiro atoms. The van der Waals surface area contributed by atoms with Crippen LogP contribution in [0.2, 0.25) is 5.02 Å². The molecule has 1 aliphatic rings. The average molecular weight is 204 g/mol. The monoisotopic (exact) mass is 203 g/mol. The van der Waals surface area contributed by atoms with E-state index in [4.69, 9.17) is 17.3 Å². The summed E-state index contributed by atoms with van der Waals surface area (Å²) < 4.78 is 0. The number of halogens is 2. The molecule has 0 heterocycles.